The standard InChI is InChI=1S/C17H32N2S/c1-7-9-19(10-8-2)13-15-11-16(20-14(15)3)12-18-17(4,5)6/h11,18H,7-10,12-13H2,1-6H3. The second kappa shape index (κ2) is 8.16. The largest absolute Gasteiger partial charge is 0.307 e. The third-order valence-corrected chi connectivity index (χ3v) is 4.43. The molecule has 0 saturated heterocycles. The van der Waals surface area contributed by atoms with Crippen LogP contribution in [0, 0.1) is 6.92 Å². The fraction of sp³-hybridized carbons (Fsp3) is 0.765. The highest BCUT2D eigenvalue weighted by Gasteiger charge is 2.12. The Kier molecular flexibility index (Phi) is 7.21. The second-order valence-electron chi connectivity index (χ2n) is 6.67. The van der Waals surface area contributed by atoms with Crippen molar-refractivity contribution < 1.29 is 0 Å². The summed E-state index contributed by atoms with van der Waals surface area (Å²) >= 11 is 1.94. The summed E-state index contributed by atoms with van der Waals surface area (Å²) in [6, 6.07) is 2.40. The van der Waals surface area contributed by atoms with E-state index >= 15 is 0 Å². The molecule has 0 saturated carbocycles. The van der Waals surface area contributed by atoms with Gasteiger partial charge in [0.05, 0.1) is 0 Å². The van der Waals surface area contributed by atoms with Gasteiger partial charge in [0.2, 0.25) is 0 Å². The van der Waals surface area contributed by atoms with Crippen molar-refractivity contribution >= 4 is 11.3 Å². The topological polar surface area (TPSA) is 15.3 Å². The lowest BCUT2D eigenvalue weighted by atomic mass is 10.1. The molecule has 1 N–H and O–H groups in total. The van der Waals surface area contributed by atoms with E-state index < -0.39 is 0 Å². The van der Waals surface area contributed by atoms with Crippen molar-refractivity contribution in [3.8, 4) is 0 Å². The number of rotatable bonds is 8. The molecule has 0 aromatic carbocycles. The van der Waals surface area contributed by atoms with Crippen LogP contribution in [0.25, 0.3) is 0 Å². The predicted molar refractivity (Wildman–Crippen MR) is 91.5 cm³/mol. The summed E-state index contributed by atoms with van der Waals surface area (Å²) in [6.45, 7) is 18.0. The highest BCUT2D eigenvalue weighted by Crippen LogP contribution is 2.23. The molecule has 0 fully saturated rings. The van der Waals surface area contributed by atoms with Gasteiger partial charge < -0.3 is 5.32 Å². The molecular formula is C17H32N2S. The zero-order valence-corrected chi connectivity index (χ0v) is 15.0. The Morgan fingerprint density at radius 1 is 1.15 bits per heavy atom. The van der Waals surface area contributed by atoms with Gasteiger partial charge in [-0.05, 0) is 65.3 Å². The third kappa shape index (κ3) is 6.38. The summed E-state index contributed by atoms with van der Waals surface area (Å²) in [5, 5.41) is 3.58. The molecular weight excluding hydrogens is 264 g/mol. The number of hydrogen-bond acceptors (Lipinski definition) is 3. The van der Waals surface area contributed by atoms with Crippen molar-refractivity contribution in [2.45, 2.75) is 73.0 Å². The number of thiophene rings is 1. The van der Waals surface area contributed by atoms with Crippen molar-refractivity contribution in [1.29, 1.82) is 0 Å². The molecule has 0 atom stereocenters. The quantitative estimate of drug-likeness (QED) is 0.756. The van der Waals surface area contributed by atoms with Crippen molar-refractivity contribution in [3.63, 3.8) is 0 Å². The lowest BCUT2D eigenvalue weighted by Gasteiger charge is -2.21. The Balaban J connectivity index is 2.64. The highest BCUT2D eigenvalue weighted by atomic mass is 32.1. The van der Waals surface area contributed by atoms with Crippen molar-refractivity contribution in [3.05, 3.63) is 21.4 Å². The number of nitrogens with one attached hydrogen (secondary N) is 1. The molecule has 0 amide bonds. The Morgan fingerprint density at radius 3 is 2.25 bits per heavy atom. The van der Waals surface area contributed by atoms with Crippen LogP contribution >= 0.6 is 11.3 Å². The van der Waals surface area contributed by atoms with E-state index in [4.69, 9.17) is 0 Å². The molecule has 116 valence electrons. The van der Waals surface area contributed by atoms with E-state index in [1.165, 1.54) is 41.2 Å². The summed E-state index contributed by atoms with van der Waals surface area (Å²) in [7, 11) is 0. The molecule has 0 spiro atoms. The SMILES string of the molecule is CCCN(CCC)Cc1cc(CNC(C)(C)C)sc1C. The van der Waals surface area contributed by atoms with Gasteiger partial charge in [0, 0.05) is 28.4 Å². The molecule has 0 bridgehead atoms. The Morgan fingerprint density at radius 2 is 1.75 bits per heavy atom. The Bertz CT molecular complexity index is 384. The molecule has 20 heavy (non-hydrogen) atoms. The van der Waals surface area contributed by atoms with Crippen LogP contribution in [0.1, 0.15) is 62.8 Å². The maximum absolute atomic E-state index is 3.58. The molecule has 0 aliphatic carbocycles. The van der Waals surface area contributed by atoms with Gasteiger partial charge in [0.15, 0.2) is 0 Å². The van der Waals surface area contributed by atoms with Gasteiger partial charge in [0.25, 0.3) is 0 Å². The molecule has 1 aromatic heterocycles. The van der Waals surface area contributed by atoms with Gasteiger partial charge in [-0.1, -0.05) is 13.8 Å². The maximum atomic E-state index is 3.58. The van der Waals surface area contributed by atoms with Crippen molar-refractivity contribution in [2.75, 3.05) is 13.1 Å². The van der Waals surface area contributed by atoms with Crippen LogP contribution in [-0.4, -0.2) is 23.5 Å². The van der Waals surface area contributed by atoms with Gasteiger partial charge in [0.1, 0.15) is 0 Å². The van der Waals surface area contributed by atoms with Crippen LogP contribution in [0.2, 0.25) is 0 Å². The molecule has 0 aliphatic rings. The monoisotopic (exact) mass is 296 g/mol. The predicted octanol–water partition coefficient (Wildman–Crippen LogP) is 4.57. The minimum absolute atomic E-state index is 0.189. The molecule has 0 unspecified atom stereocenters. The first-order chi connectivity index (χ1) is 9.35. The molecule has 0 radical (unpaired) electrons. The van der Waals surface area contributed by atoms with E-state index in [0.717, 1.165) is 13.1 Å². The number of hydrogen-bond donors (Lipinski definition) is 1. The summed E-state index contributed by atoms with van der Waals surface area (Å²) in [4.78, 5) is 5.52. The average molecular weight is 297 g/mol. The average Bonchev–Trinajstić information content (AvgIpc) is 2.68. The lowest BCUT2D eigenvalue weighted by molar-refractivity contribution is 0.266. The van der Waals surface area contributed by atoms with E-state index in [2.05, 4.69) is 57.8 Å². The highest BCUT2D eigenvalue weighted by molar-refractivity contribution is 7.12. The first-order valence-electron chi connectivity index (χ1n) is 7.91. The van der Waals surface area contributed by atoms with Gasteiger partial charge in [-0.2, -0.15) is 0 Å². The summed E-state index contributed by atoms with van der Waals surface area (Å²) in [5.74, 6) is 0. The summed E-state index contributed by atoms with van der Waals surface area (Å²) in [5.41, 5.74) is 1.71. The zero-order chi connectivity index (χ0) is 15.2. The minimum Gasteiger partial charge on any atom is -0.307 e. The van der Waals surface area contributed by atoms with Crippen LogP contribution in [-0.2, 0) is 13.1 Å². The Labute approximate surface area is 129 Å². The van der Waals surface area contributed by atoms with Crippen LogP contribution in [0.4, 0.5) is 0 Å². The Hall–Kier alpha value is -0.380. The van der Waals surface area contributed by atoms with E-state index in [1.54, 1.807) is 0 Å². The van der Waals surface area contributed by atoms with Crippen LogP contribution < -0.4 is 5.32 Å². The fourth-order valence-electron chi connectivity index (χ4n) is 2.33. The smallest absolute Gasteiger partial charge is 0.0304 e. The fourth-order valence-corrected chi connectivity index (χ4v) is 3.32. The van der Waals surface area contributed by atoms with Crippen LogP contribution in [0.5, 0.6) is 0 Å². The maximum Gasteiger partial charge on any atom is 0.0304 e. The van der Waals surface area contributed by atoms with Gasteiger partial charge in [-0.25, -0.2) is 0 Å². The van der Waals surface area contributed by atoms with Crippen molar-refractivity contribution in [1.82, 2.24) is 10.2 Å². The second-order valence-corrected chi connectivity index (χ2v) is 8.01. The first-order valence-corrected chi connectivity index (χ1v) is 8.73. The molecule has 3 heteroatoms. The van der Waals surface area contributed by atoms with E-state index in [0.29, 0.717) is 0 Å². The zero-order valence-electron chi connectivity index (χ0n) is 14.2. The summed E-state index contributed by atoms with van der Waals surface area (Å²) in [6.07, 6.45) is 2.48. The van der Waals surface area contributed by atoms with Crippen LogP contribution in [0.15, 0.2) is 6.07 Å². The molecule has 0 aliphatic heterocycles. The normalized spacial score (nSPS) is 12.3. The molecule has 1 heterocycles. The minimum atomic E-state index is 0.189. The van der Waals surface area contributed by atoms with Gasteiger partial charge in [-0.15, -0.1) is 11.3 Å². The van der Waals surface area contributed by atoms with Gasteiger partial charge in [-0.3, -0.25) is 4.90 Å². The first kappa shape index (κ1) is 17.7. The third-order valence-electron chi connectivity index (χ3n) is 3.34. The molecule has 1 aromatic rings. The van der Waals surface area contributed by atoms with E-state index in [9.17, 15) is 0 Å². The van der Waals surface area contributed by atoms with Gasteiger partial charge >= 0.3 is 0 Å². The number of nitrogens with zero attached hydrogens (tertiary/aromatic N) is 1. The molecule has 2 nitrogen and oxygen atoms in total. The van der Waals surface area contributed by atoms with E-state index in [-0.39, 0.29) is 5.54 Å². The lowest BCUT2D eigenvalue weighted by Crippen LogP contribution is -2.34. The number of aryl methyl sites for hydroxylation is 1. The van der Waals surface area contributed by atoms with Crippen LogP contribution in [0.3, 0.4) is 0 Å². The molecule has 1 rings (SSSR count). The summed E-state index contributed by atoms with van der Waals surface area (Å²) < 4.78 is 0. The van der Waals surface area contributed by atoms with Crippen molar-refractivity contribution in [2.24, 2.45) is 0 Å². The van der Waals surface area contributed by atoms with E-state index in [1.807, 2.05) is 11.3 Å².